The van der Waals surface area contributed by atoms with Crippen molar-refractivity contribution in [3.05, 3.63) is 125 Å². The fourth-order valence-corrected chi connectivity index (χ4v) is 5.02. The zero-order valence-electron chi connectivity index (χ0n) is 19.1. The molecule has 0 aliphatic carbocycles. The van der Waals surface area contributed by atoms with Gasteiger partial charge in [0.25, 0.3) is 0 Å². The van der Waals surface area contributed by atoms with Crippen LogP contribution in [0.2, 0.25) is 10.0 Å². The molecule has 0 aliphatic rings. The molecule has 6 rings (SSSR count). The number of aryl methyl sites for hydroxylation is 1. The van der Waals surface area contributed by atoms with Gasteiger partial charge in [0, 0.05) is 56.0 Å². The zero-order valence-corrected chi connectivity index (χ0v) is 20.6. The lowest BCUT2D eigenvalue weighted by Crippen LogP contribution is -2.09. The average Bonchev–Trinajstić information content (AvgIpc) is 3.18. The Morgan fingerprint density at radius 3 is 1.60 bits per heavy atom. The van der Waals surface area contributed by atoms with Gasteiger partial charge in [0.15, 0.2) is 0 Å². The van der Waals surface area contributed by atoms with E-state index in [0.717, 1.165) is 17.1 Å². The molecule has 0 spiro atoms. The second-order valence-electron chi connectivity index (χ2n) is 8.64. The van der Waals surface area contributed by atoms with Crippen molar-refractivity contribution in [3.8, 4) is 11.1 Å². The molecule has 0 unspecified atom stereocenters. The molecule has 0 saturated heterocycles. The summed E-state index contributed by atoms with van der Waals surface area (Å²) in [5, 5.41) is 3.99. The van der Waals surface area contributed by atoms with Crippen LogP contribution in [0, 0.1) is 0 Å². The van der Waals surface area contributed by atoms with Crippen molar-refractivity contribution in [2.45, 2.75) is 0 Å². The Balaban J connectivity index is 1.41. The Hall–Kier alpha value is -3.72. The summed E-state index contributed by atoms with van der Waals surface area (Å²) in [5.74, 6) is 0. The van der Waals surface area contributed by atoms with E-state index in [0.29, 0.717) is 10.0 Å². The SMILES string of the molecule is Cn1c2ccccc2c2ccc(-c3ccc(N(c4ccc(Cl)cc4)c4ccc(Cl)cc4)cc3)cc21. The summed E-state index contributed by atoms with van der Waals surface area (Å²) in [5.41, 5.74) is 7.97. The molecule has 1 heterocycles. The van der Waals surface area contributed by atoms with Crippen molar-refractivity contribution in [3.63, 3.8) is 0 Å². The fourth-order valence-electron chi connectivity index (χ4n) is 4.77. The summed E-state index contributed by atoms with van der Waals surface area (Å²) >= 11 is 12.3. The highest BCUT2D eigenvalue weighted by molar-refractivity contribution is 6.31. The lowest BCUT2D eigenvalue weighted by atomic mass is 10.0. The molecule has 0 aliphatic heterocycles. The minimum Gasteiger partial charge on any atom is -0.344 e. The van der Waals surface area contributed by atoms with Crippen molar-refractivity contribution in [1.82, 2.24) is 4.57 Å². The van der Waals surface area contributed by atoms with Crippen LogP contribution in [-0.4, -0.2) is 4.57 Å². The number of anilines is 3. The number of hydrogen-bond acceptors (Lipinski definition) is 1. The third kappa shape index (κ3) is 3.95. The van der Waals surface area contributed by atoms with E-state index in [1.54, 1.807) is 0 Å². The van der Waals surface area contributed by atoms with Gasteiger partial charge in [-0.3, -0.25) is 0 Å². The number of aromatic nitrogens is 1. The van der Waals surface area contributed by atoms with E-state index in [1.807, 2.05) is 48.5 Å². The van der Waals surface area contributed by atoms with Crippen LogP contribution in [0.5, 0.6) is 0 Å². The average molecular weight is 493 g/mol. The highest BCUT2D eigenvalue weighted by atomic mass is 35.5. The van der Waals surface area contributed by atoms with Crippen LogP contribution in [-0.2, 0) is 7.05 Å². The van der Waals surface area contributed by atoms with Gasteiger partial charge in [-0.2, -0.15) is 0 Å². The third-order valence-corrected chi connectivity index (χ3v) is 7.05. The highest BCUT2D eigenvalue weighted by Crippen LogP contribution is 2.37. The Morgan fingerprint density at radius 1 is 0.514 bits per heavy atom. The molecule has 4 heteroatoms. The van der Waals surface area contributed by atoms with Crippen molar-refractivity contribution in [2.24, 2.45) is 7.05 Å². The molecule has 0 N–H and O–H groups in total. The summed E-state index contributed by atoms with van der Waals surface area (Å²) in [4.78, 5) is 2.20. The first-order valence-corrected chi connectivity index (χ1v) is 12.2. The first kappa shape index (κ1) is 21.8. The van der Waals surface area contributed by atoms with E-state index in [4.69, 9.17) is 23.2 Å². The fraction of sp³-hybridized carbons (Fsp3) is 0.0323. The monoisotopic (exact) mass is 492 g/mol. The second kappa shape index (κ2) is 8.81. The van der Waals surface area contributed by atoms with Gasteiger partial charge >= 0.3 is 0 Å². The summed E-state index contributed by atoms with van der Waals surface area (Å²) in [7, 11) is 2.13. The van der Waals surface area contributed by atoms with Gasteiger partial charge in [0.1, 0.15) is 0 Å². The molecule has 5 aromatic carbocycles. The molecule has 0 bridgehead atoms. The summed E-state index contributed by atoms with van der Waals surface area (Å²) < 4.78 is 2.27. The van der Waals surface area contributed by atoms with Crippen molar-refractivity contribution < 1.29 is 0 Å². The van der Waals surface area contributed by atoms with Crippen LogP contribution < -0.4 is 4.90 Å². The molecule has 0 radical (unpaired) electrons. The largest absolute Gasteiger partial charge is 0.344 e. The minimum absolute atomic E-state index is 0.712. The van der Waals surface area contributed by atoms with Gasteiger partial charge in [-0.05, 0) is 83.9 Å². The van der Waals surface area contributed by atoms with Crippen LogP contribution in [0.15, 0.2) is 115 Å². The van der Waals surface area contributed by atoms with Crippen LogP contribution in [0.25, 0.3) is 32.9 Å². The van der Waals surface area contributed by atoms with E-state index in [1.165, 1.54) is 32.9 Å². The first-order valence-electron chi connectivity index (χ1n) is 11.5. The molecule has 2 nitrogen and oxygen atoms in total. The molecule has 0 amide bonds. The van der Waals surface area contributed by atoms with Crippen LogP contribution in [0.3, 0.4) is 0 Å². The topological polar surface area (TPSA) is 8.17 Å². The third-order valence-electron chi connectivity index (χ3n) is 6.54. The van der Waals surface area contributed by atoms with Crippen molar-refractivity contribution in [1.29, 1.82) is 0 Å². The molecule has 35 heavy (non-hydrogen) atoms. The van der Waals surface area contributed by atoms with E-state index in [9.17, 15) is 0 Å². The van der Waals surface area contributed by atoms with E-state index in [-0.39, 0.29) is 0 Å². The predicted octanol–water partition coefficient (Wildman–Crippen LogP) is 9.78. The predicted molar refractivity (Wildman–Crippen MR) is 151 cm³/mol. The number of benzene rings is 5. The molecule has 0 atom stereocenters. The summed E-state index contributed by atoms with van der Waals surface area (Å²) in [6.45, 7) is 0. The highest BCUT2D eigenvalue weighted by Gasteiger charge is 2.14. The van der Waals surface area contributed by atoms with Crippen molar-refractivity contribution >= 4 is 62.1 Å². The Bertz CT molecular complexity index is 1600. The lowest BCUT2D eigenvalue weighted by Gasteiger charge is -2.25. The van der Waals surface area contributed by atoms with Gasteiger partial charge in [-0.25, -0.2) is 0 Å². The molecule has 6 aromatic rings. The summed E-state index contributed by atoms with van der Waals surface area (Å²) in [6.07, 6.45) is 0. The number of hydrogen-bond donors (Lipinski definition) is 0. The Labute approximate surface area is 214 Å². The van der Waals surface area contributed by atoms with Crippen LogP contribution in [0.1, 0.15) is 0 Å². The van der Waals surface area contributed by atoms with Gasteiger partial charge in [0.2, 0.25) is 0 Å². The minimum atomic E-state index is 0.712. The molecular formula is C31H22Cl2N2. The molecule has 170 valence electrons. The van der Waals surface area contributed by atoms with Gasteiger partial charge in [0.05, 0.1) is 0 Å². The van der Waals surface area contributed by atoms with Crippen LogP contribution in [0.4, 0.5) is 17.1 Å². The normalized spacial score (nSPS) is 11.3. The lowest BCUT2D eigenvalue weighted by molar-refractivity contribution is 1.01. The van der Waals surface area contributed by atoms with Gasteiger partial charge in [-0.15, -0.1) is 0 Å². The standard InChI is InChI=1S/C31H22Cl2N2/c1-34-30-5-3-2-4-28(30)29-19-8-22(20-31(29)34)21-6-13-25(14-7-21)35(26-15-9-23(32)10-16-26)27-17-11-24(33)12-18-27/h2-20H,1H3. The maximum Gasteiger partial charge on any atom is 0.0494 e. The smallest absolute Gasteiger partial charge is 0.0494 e. The van der Waals surface area contributed by atoms with E-state index in [2.05, 4.69) is 83.2 Å². The number of nitrogens with zero attached hydrogens (tertiary/aromatic N) is 2. The molecule has 0 fully saturated rings. The number of para-hydroxylation sites is 1. The maximum atomic E-state index is 6.16. The van der Waals surface area contributed by atoms with E-state index < -0.39 is 0 Å². The Morgan fingerprint density at radius 2 is 1.00 bits per heavy atom. The number of rotatable bonds is 4. The quantitative estimate of drug-likeness (QED) is 0.237. The van der Waals surface area contributed by atoms with E-state index >= 15 is 0 Å². The number of halogens is 2. The van der Waals surface area contributed by atoms with Gasteiger partial charge in [-0.1, -0.05) is 65.7 Å². The maximum absolute atomic E-state index is 6.16. The Kier molecular flexibility index (Phi) is 5.49. The zero-order chi connectivity index (χ0) is 23.9. The molecule has 1 aromatic heterocycles. The second-order valence-corrected chi connectivity index (χ2v) is 9.52. The molecule has 0 saturated carbocycles. The first-order chi connectivity index (χ1) is 17.1. The number of fused-ring (bicyclic) bond motifs is 3. The molecular weight excluding hydrogens is 471 g/mol. The van der Waals surface area contributed by atoms with Crippen molar-refractivity contribution in [2.75, 3.05) is 4.90 Å². The summed E-state index contributed by atoms with van der Waals surface area (Å²) in [6, 6.07) is 39.7. The van der Waals surface area contributed by atoms with Gasteiger partial charge < -0.3 is 9.47 Å². The van der Waals surface area contributed by atoms with Crippen LogP contribution >= 0.6 is 23.2 Å².